The van der Waals surface area contributed by atoms with Gasteiger partial charge in [-0.1, -0.05) is 0 Å². The molecule has 22 heavy (non-hydrogen) atoms. The molecule has 1 aliphatic rings. The predicted molar refractivity (Wildman–Crippen MR) is 84.9 cm³/mol. The van der Waals surface area contributed by atoms with Gasteiger partial charge in [-0.2, -0.15) is 0 Å². The highest BCUT2D eigenvalue weighted by Crippen LogP contribution is 2.30. The maximum Gasteiger partial charge on any atom is 0.264 e. The number of hydrogen-bond donors (Lipinski definition) is 2. The molecule has 1 fully saturated rings. The number of amides is 2. The summed E-state index contributed by atoms with van der Waals surface area (Å²) < 4.78 is 18.7. The molecule has 0 aliphatic carbocycles. The second-order valence-electron chi connectivity index (χ2n) is 4.54. The maximum absolute atomic E-state index is 13.1. The molecule has 0 radical (unpaired) electrons. The van der Waals surface area contributed by atoms with Crippen LogP contribution in [0.3, 0.4) is 0 Å². The van der Waals surface area contributed by atoms with Crippen LogP contribution in [0.2, 0.25) is 0 Å². The molecule has 3 rings (SSSR count). The molecule has 2 aromatic rings. The number of carbonyl (C=O) groups excluding carboxylic acids is 2. The van der Waals surface area contributed by atoms with Crippen molar-refractivity contribution in [2.45, 2.75) is 4.90 Å². The molecular formula is C15H10FNO3S2. The third kappa shape index (κ3) is 3.10. The summed E-state index contributed by atoms with van der Waals surface area (Å²) in [7, 11) is 0. The number of halogens is 1. The van der Waals surface area contributed by atoms with Crippen LogP contribution in [0.4, 0.5) is 4.39 Å². The quantitative estimate of drug-likeness (QED) is 0.503. The Balaban J connectivity index is 1.88. The first-order valence-electron chi connectivity index (χ1n) is 6.30. The van der Waals surface area contributed by atoms with Gasteiger partial charge in [0.15, 0.2) is 0 Å². The van der Waals surface area contributed by atoms with Crippen molar-refractivity contribution in [3.63, 3.8) is 0 Å². The van der Waals surface area contributed by atoms with Crippen LogP contribution < -0.4 is 5.32 Å². The van der Waals surface area contributed by atoms with E-state index >= 15 is 0 Å². The Labute approximate surface area is 135 Å². The summed E-state index contributed by atoms with van der Waals surface area (Å²) in [6.07, 6.45) is 1.57. The number of thioether (sulfide) groups is 1. The molecule has 0 atom stereocenters. The van der Waals surface area contributed by atoms with Crippen molar-refractivity contribution in [1.82, 2.24) is 5.32 Å². The third-order valence-electron chi connectivity index (χ3n) is 2.96. The van der Waals surface area contributed by atoms with E-state index in [4.69, 9.17) is 4.42 Å². The Morgan fingerprint density at radius 2 is 2.09 bits per heavy atom. The molecule has 0 bridgehead atoms. The fourth-order valence-electron chi connectivity index (χ4n) is 1.96. The molecular weight excluding hydrogens is 325 g/mol. The highest BCUT2D eigenvalue weighted by Gasteiger charge is 2.21. The van der Waals surface area contributed by atoms with Crippen molar-refractivity contribution in [3.05, 3.63) is 46.8 Å². The minimum atomic E-state index is -0.434. The summed E-state index contributed by atoms with van der Waals surface area (Å²) in [5, 5.41) is 2.24. The van der Waals surface area contributed by atoms with Crippen LogP contribution in [0.25, 0.3) is 17.4 Å². The number of thiol groups is 1. The average Bonchev–Trinajstić information content (AvgIpc) is 2.90. The largest absolute Gasteiger partial charge is 0.457 e. The lowest BCUT2D eigenvalue weighted by molar-refractivity contribution is -0.126. The third-order valence-corrected chi connectivity index (χ3v) is 4.35. The van der Waals surface area contributed by atoms with Gasteiger partial charge in [-0.3, -0.25) is 14.9 Å². The van der Waals surface area contributed by atoms with E-state index in [1.165, 1.54) is 12.1 Å². The predicted octanol–water partition coefficient (Wildman–Crippen LogP) is 3.10. The van der Waals surface area contributed by atoms with Crippen molar-refractivity contribution >= 4 is 42.3 Å². The van der Waals surface area contributed by atoms with Crippen molar-refractivity contribution in [2.24, 2.45) is 0 Å². The SMILES string of the molecule is O=C1CS/C(=C\c2ccc(-c3ccc(F)cc3S)o2)C(=O)N1. The van der Waals surface area contributed by atoms with Crippen LogP contribution in [0.5, 0.6) is 0 Å². The van der Waals surface area contributed by atoms with E-state index in [0.29, 0.717) is 26.9 Å². The zero-order chi connectivity index (χ0) is 15.7. The summed E-state index contributed by atoms with van der Waals surface area (Å²) in [6.45, 7) is 0. The van der Waals surface area contributed by atoms with Crippen LogP contribution in [-0.2, 0) is 9.59 Å². The van der Waals surface area contributed by atoms with Gasteiger partial charge in [0.2, 0.25) is 5.91 Å². The molecule has 112 valence electrons. The molecule has 7 heteroatoms. The van der Waals surface area contributed by atoms with Gasteiger partial charge in [0.05, 0.1) is 10.7 Å². The minimum Gasteiger partial charge on any atom is -0.457 e. The van der Waals surface area contributed by atoms with Gasteiger partial charge in [0.1, 0.15) is 17.3 Å². The molecule has 1 aromatic carbocycles. The summed E-state index contributed by atoms with van der Waals surface area (Å²) in [5.41, 5.74) is 0.658. The first kappa shape index (κ1) is 14.9. The summed E-state index contributed by atoms with van der Waals surface area (Å²) in [5.74, 6) is 0.0779. The molecule has 1 saturated heterocycles. The number of benzene rings is 1. The van der Waals surface area contributed by atoms with Gasteiger partial charge in [0, 0.05) is 10.5 Å². The number of imide groups is 1. The number of hydrogen-bond acceptors (Lipinski definition) is 5. The monoisotopic (exact) mass is 335 g/mol. The summed E-state index contributed by atoms with van der Waals surface area (Å²) in [6, 6.07) is 7.62. The van der Waals surface area contributed by atoms with Crippen molar-refractivity contribution in [2.75, 3.05) is 5.75 Å². The smallest absolute Gasteiger partial charge is 0.264 e. The average molecular weight is 335 g/mol. The fraction of sp³-hybridized carbons (Fsp3) is 0.0667. The van der Waals surface area contributed by atoms with E-state index in [9.17, 15) is 14.0 Å². The minimum absolute atomic E-state index is 0.198. The Bertz CT molecular complexity index is 798. The Hall–Kier alpha value is -1.99. The number of rotatable bonds is 2. The second-order valence-corrected chi connectivity index (χ2v) is 6.04. The van der Waals surface area contributed by atoms with Crippen LogP contribution in [0.1, 0.15) is 5.76 Å². The maximum atomic E-state index is 13.1. The van der Waals surface area contributed by atoms with Crippen molar-refractivity contribution in [1.29, 1.82) is 0 Å². The van der Waals surface area contributed by atoms with Crippen LogP contribution in [0, 0.1) is 5.82 Å². The van der Waals surface area contributed by atoms with Crippen LogP contribution in [0.15, 0.2) is 44.5 Å². The standard InChI is InChI=1S/C15H10FNO3S2/c16-8-1-3-10(12(21)5-8)11-4-2-9(20-11)6-13-15(19)17-14(18)7-22-13/h1-6,21H,7H2,(H,17,18,19)/b13-6-. The lowest BCUT2D eigenvalue weighted by Gasteiger charge is -2.12. The molecule has 0 unspecified atom stereocenters. The summed E-state index contributed by atoms with van der Waals surface area (Å²) >= 11 is 5.38. The highest BCUT2D eigenvalue weighted by atomic mass is 32.2. The molecule has 0 spiro atoms. The Kier molecular flexibility index (Phi) is 4.08. The molecule has 4 nitrogen and oxygen atoms in total. The molecule has 2 amide bonds. The first-order valence-corrected chi connectivity index (χ1v) is 7.73. The van der Waals surface area contributed by atoms with Gasteiger partial charge < -0.3 is 4.42 Å². The van der Waals surface area contributed by atoms with Gasteiger partial charge in [0.25, 0.3) is 5.91 Å². The van der Waals surface area contributed by atoms with E-state index in [1.807, 2.05) is 0 Å². The lowest BCUT2D eigenvalue weighted by Crippen LogP contribution is -2.36. The van der Waals surface area contributed by atoms with Crippen LogP contribution in [-0.4, -0.2) is 17.6 Å². The molecule has 0 saturated carbocycles. The Morgan fingerprint density at radius 1 is 1.27 bits per heavy atom. The number of furan rings is 1. The number of carbonyl (C=O) groups is 2. The topological polar surface area (TPSA) is 59.3 Å². The summed E-state index contributed by atoms with van der Waals surface area (Å²) in [4.78, 5) is 23.6. The molecule has 2 heterocycles. The van der Waals surface area contributed by atoms with E-state index in [1.54, 1.807) is 24.3 Å². The van der Waals surface area contributed by atoms with Crippen LogP contribution >= 0.6 is 24.4 Å². The normalized spacial score (nSPS) is 16.9. The van der Waals surface area contributed by atoms with E-state index < -0.39 is 5.91 Å². The van der Waals surface area contributed by atoms with E-state index in [0.717, 1.165) is 11.8 Å². The fourth-order valence-corrected chi connectivity index (χ4v) is 3.01. The Morgan fingerprint density at radius 3 is 2.82 bits per heavy atom. The number of nitrogens with one attached hydrogen (secondary N) is 1. The molecule has 1 aliphatic heterocycles. The van der Waals surface area contributed by atoms with E-state index in [2.05, 4.69) is 17.9 Å². The zero-order valence-corrected chi connectivity index (χ0v) is 12.8. The second kappa shape index (κ2) is 6.02. The molecule has 1 N–H and O–H groups in total. The zero-order valence-electron chi connectivity index (χ0n) is 11.1. The first-order chi connectivity index (χ1) is 10.5. The van der Waals surface area contributed by atoms with Gasteiger partial charge in [-0.15, -0.1) is 24.4 Å². The highest BCUT2D eigenvalue weighted by molar-refractivity contribution is 8.04. The van der Waals surface area contributed by atoms with Gasteiger partial charge in [-0.25, -0.2) is 4.39 Å². The van der Waals surface area contributed by atoms with Gasteiger partial charge >= 0.3 is 0 Å². The van der Waals surface area contributed by atoms with Crippen molar-refractivity contribution < 1.29 is 18.4 Å². The van der Waals surface area contributed by atoms with E-state index in [-0.39, 0.29) is 17.5 Å². The van der Waals surface area contributed by atoms with Crippen molar-refractivity contribution in [3.8, 4) is 11.3 Å². The van der Waals surface area contributed by atoms with Gasteiger partial charge in [-0.05, 0) is 36.4 Å². The lowest BCUT2D eigenvalue weighted by atomic mass is 10.2. The molecule has 1 aromatic heterocycles.